The van der Waals surface area contributed by atoms with Crippen LogP contribution < -0.4 is 4.74 Å². The first-order chi connectivity index (χ1) is 9.06. The van der Waals surface area contributed by atoms with Crippen LogP contribution in [-0.4, -0.2) is 38.7 Å². The molecule has 0 heterocycles. The molecule has 0 aliphatic rings. The Kier molecular flexibility index (Phi) is 6.36. The first kappa shape index (κ1) is 15.5. The fraction of sp³-hybridized carbons (Fsp3) is 0.533. The van der Waals surface area contributed by atoms with Crippen LogP contribution in [0.5, 0.6) is 5.75 Å². The maximum atomic E-state index is 11.0. The predicted molar refractivity (Wildman–Crippen MR) is 75.3 cm³/mol. The molecule has 4 heteroatoms. The van der Waals surface area contributed by atoms with Crippen molar-refractivity contribution in [1.29, 1.82) is 0 Å². The number of methoxy groups -OCH3 is 2. The van der Waals surface area contributed by atoms with Gasteiger partial charge in [-0.1, -0.05) is 17.7 Å². The molecule has 0 saturated heterocycles. The monoisotopic (exact) mass is 265 g/mol. The zero-order valence-corrected chi connectivity index (χ0v) is 12.2. The van der Waals surface area contributed by atoms with Crippen LogP contribution in [0.2, 0.25) is 0 Å². The van der Waals surface area contributed by atoms with Crippen LogP contribution in [0.1, 0.15) is 24.0 Å². The van der Waals surface area contributed by atoms with Gasteiger partial charge in [0.15, 0.2) is 0 Å². The first-order valence-corrected chi connectivity index (χ1v) is 6.45. The van der Waals surface area contributed by atoms with Gasteiger partial charge < -0.3 is 14.4 Å². The average molecular weight is 265 g/mol. The van der Waals surface area contributed by atoms with E-state index < -0.39 is 0 Å². The minimum absolute atomic E-state index is 0.151. The van der Waals surface area contributed by atoms with Gasteiger partial charge in [0.25, 0.3) is 0 Å². The quantitative estimate of drug-likeness (QED) is 0.710. The van der Waals surface area contributed by atoms with Crippen LogP contribution in [0.3, 0.4) is 0 Å². The van der Waals surface area contributed by atoms with Gasteiger partial charge in [-0.05, 0) is 33.0 Å². The summed E-state index contributed by atoms with van der Waals surface area (Å²) in [4.78, 5) is 13.2. The minimum atomic E-state index is -0.151. The zero-order chi connectivity index (χ0) is 14.3. The highest BCUT2D eigenvalue weighted by Gasteiger charge is 2.07. The van der Waals surface area contributed by atoms with Crippen LogP contribution >= 0.6 is 0 Å². The summed E-state index contributed by atoms with van der Waals surface area (Å²) < 4.78 is 9.99. The van der Waals surface area contributed by atoms with E-state index in [0.717, 1.165) is 25.3 Å². The molecular formula is C15H23NO3. The second-order valence-corrected chi connectivity index (χ2v) is 4.73. The molecule has 0 unspecified atom stereocenters. The normalized spacial score (nSPS) is 10.6. The van der Waals surface area contributed by atoms with Crippen molar-refractivity contribution in [2.75, 3.05) is 27.8 Å². The Morgan fingerprint density at radius 3 is 2.68 bits per heavy atom. The summed E-state index contributed by atoms with van der Waals surface area (Å²) in [6.45, 7) is 3.73. The zero-order valence-electron chi connectivity index (χ0n) is 12.2. The number of ether oxygens (including phenoxy) is 2. The van der Waals surface area contributed by atoms with E-state index in [9.17, 15) is 4.79 Å². The lowest BCUT2D eigenvalue weighted by atomic mass is 10.1. The Labute approximate surface area is 115 Å². The average Bonchev–Trinajstić information content (AvgIpc) is 2.38. The molecule has 4 nitrogen and oxygen atoms in total. The van der Waals surface area contributed by atoms with Crippen molar-refractivity contribution in [2.45, 2.75) is 26.3 Å². The number of rotatable bonds is 7. The van der Waals surface area contributed by atoms with Crippen LogP contribution in [0.4, 0.5) is 0 Å². The molecule has 0 amide bonds. The number of hydrogen-bond donors (Lipinski definition) is 0. The van der Waals surface area contributed by atoms with E-state index in [1.807, 2.05) is 19.2 Å². The van der Waals surface area contributed by atoms with Crippen molar-refractivity contribution in [1.82, 2.24) is 4.90 Å². The fourth-order valence-electron chi connectivity index (χ4n) is 2.00. The minimum Gasteiger partial charge on any atom is -0.496 e. The number of carbonyl (C=O) groups is 1. The highest BCUT2D eigenvalue weighted by Crippen LogP contribution is 2.21. The van der Waals surface area contributed by atoms with E-state index >= 15 is 0 Å². The molecule has 0 aromatic heterocycles. The second kappa shape index (κ2) is 7.79. The van der Waals surface area contributed by atoms with E-state index in [1.54, 1.807) is 7.11 Å². The van der Waals surface area contributed by atoms with Crippen LogP contribution in [0.25, 0.3) is 0 Å². The third kappa shape index (κ3) is 5.30. The third-order valence-electron chi connectivity index (χ3n) is 3.02. The molecule has 0 saturated carbocycles. The van der Waals surface area contributed by atoms with E-state index in [0.29, 0.717) is 6.42 Å². The van der Waals surface area contributed by atoms with Gasteiger partial charge in [0.2, 0.25) is 0 Å². The molecule has 0 aliphatic heterocycles. The summed E-state index contributed by atoms with van der Waals surface area (Å²) >= 11 is 0. The molecule has 0 atom stereocenters. The van der Waals surface area contributed by atoms with E-state index in [2.05, 4.69) is 22.6 Å². The Balaban J connectivity index is 2.49. The van der Waals surface area contributed by atoms with Gasteiger partial charge in [-0.3, -0.25) is 4.79 Å². The van der Waals surface area contributed by atoms with Crippen molar-refractivity contribution in [3.63, 3.8) is 0 Å². The van der Waals surface area contributed by atoms with Crippen LogP contribution in [0.15, 0.2) is 18.2 Å². The van der Waals surface area contributed by atoms with Gasteiger partial charge >= 0.3 is 5.97 Å². The van der Waals surface area contributed by atoms with Gasteiger partial charge in [-0.2, -0.15) is 0 Å². The highest BCUT2D eigenvalue weighted by atomic mass is 16.5. The molecule has 1 rings (SSSR count). The van der Waals surface area contributed by atoms with Crippen LogP contribution in [-0.2, 0) is 16.1 Å². The van der Waals surface area contributed by atoms with Crippen molar-refractivity contribution in [2.24, 2.45) is 0 Å². The third-order valence-corrected chi connectivity index (χ3v) is 3.02. The molecule has 1 aromatic rings. The molecular weight excluding hydrogens is 242 g/mol. The van der Waals surface area contributed by atoms with Gasteiger partial charge in [0, 0.05) is 18.5 Å². The Bertz CT molecular complexity index is 418. The molecule has 1 aromatic carbocycles. The van der Waals surface area contributed by atoms with Crippen molar-refractivity contribution in [3.05, 3.63) is 29.3 Å². The molecule has 0 radical (unpaired) electrons. The maximum absolute atomic E-state index is 11.0. The number of carbonyl (C=O) groups excluding carboxylic acids is 1. The van der Waals surface area contributed by atoms with Crippen LogP contribution in [0, 0.1) is 6.92 Å². The molecule has 0 spiro atoms. The number of aryl methyl sites for hydroxylation is 1. The Morgan fingerprint density at radius 2 is 2.05 bits per heavy atom. The SMILES string of the molecule is COC(=O)CCCN(C)Cc1cc(C)ccc1OC. The lowest BCUT2D eigenvalue weighted by Crippen LogP contribution is -2.20. The van der Waals surface area contributed by atoms with Gasteiger partial charge in [0.1, 0.15) is 5.75 Å². The number of esters is 1. The fourth-order valence-corrected chi connectivity index (χ4v) is 2.00. The number of nitrogens with zero attached hydrogens (tertiary/aromatic N) is 1. The molecule has 106 valence electrons. The molecule has 0 N–H and O–H groups in total. The number of hydrogen-bond acceptors (Lipinski definition) is 4. The van der Waals surface area contributed by atoms with Gasteiger partial charge in [0.05, 0.1) is 14.2 Å². The summed E-state index contributed by atoms with van der Waals surface area (Å²) in [5, 5.41) is 0. The first-order valence-electron chi connectivity index (χ1n) is 6.45. The lowest BCUT2D eigenvalue weighted by Gasteiger charge is -2.18. The molecule has 0 fully saturated rings. The molecule has 0 bridgehead atoms. The molecule has 0 aliphatic carbocycles. The Hall–Kier alpha value is -1.55. The van der Waals surface area contributed by atoms with Gasteiger partial charge in [-0.15, -0.1) is 0 Å². The highest BCUT2D eigenvalue weighted by molar-refractivity contribution is 5.69. The standard InChI is InChI=1S/C15H23NO3/c1-12-7-8-14(18-3)13(10-12)11-16(2)9-5-6-15(17)19-4/h7-8,10H,5-6,9,11H2,1-4H3. The predicted octanol–water partition coefficient (Wildman–Crippen LogP) is 2.39. The van der Waals surface area contributed by atoms with E-state index in [4.69, 9.17) is 4.74 Å². The summed E-state index contributed by atoms with van der Waals surface area (Å²) in [5.74, 6) is 0.756. The van der Waals surface area contributed by atoms with E-state index in [-0.39, 0.29) is 5.97 Å². The molecule has 19 heavy (non-hydrogen) atoms. The van der Waals surface area contributed by atoms with Crippen molar-refractivity contribution in [3.8, 4) is 5.75 Å². The summed E-state index contributed by atoms with van der Waals surface area (Å²) in [6, 6.07) is 6.17. The van der Waals surface area contributed by atoms with Crippen molar-refractivity contribution < 1.29 is 14.3 Å². The largest absolute Gasteiger partial charge is 0.496 e. The van der Waals surface area contributed by atoms with E-state index in [1.165, 1.54) is 18.2 Å². The smallest absolute Gasteiger partial charge is 0.305 e. The lowest BCUT2D eigenvalue weighted by molar-refractivity contribution is -0.140. The summed E-state index contributed by atoms with van der Waals surface area (Å²) in [6.07, 6.45) is 1.27. The maximum Gasteiger partial charge on any atom is 0.305 e. The van der Waals surface area contributed by atoms with Crippen molar-refractivity contribution >= 4 is 5.97 Å². The second-order valence-electron chi connectivity index (χ2n) is 4.73. The topological polar surface area (TPSA) is 38.8 Å². The number of benzene rings is 1. The van der Waals surface area contributed by atoms with Gasteiger partial charge in [-0.25, -0.2) is 0 Å². The summed E-state index contributed by atoms with van der Waals surface area (Å²) in [7, 11) is 5.15. The Morgan fingerprint density at radius 1 is 1.32 bits per heavy atom. The summed E-state index contributed by atoms with van der Waals surface area (Å²) in [5.41, 5.74) is 2.39.